The molecule has 1 aromatic carbocycles. The van der Waals surface area contributed by atoms with Gasteiger partial charge in [0.2, 0.25) is 0 Å². The average molecular weight is 367 g/mol. The van der Waals surface area contributed by atoms with Crippen molar-refractivity contribution in [2.75, 3.05) is 13.2 Å². The van der Waals surface area contributed by atoms with Crippen LogP contribution in [-0.4, -0.2) is 31.2 Å². The third kappa shape index (κ3) is 4.96. The van der Waals surface area contributed by atoms with E-state index in [0.717, 1.165) is 5.56 Å². The van der Waals surface area contributed by atoms with Gasteiger partial charge in [-0.1, -0.05) is 30.7 Å². The Hall–Kier alpha value is -2.05. The summed E-state index contributed by atoms with van der Waals surface area (Å²) < 4.78 is 5.17. The molecule has 2 amide bonds. The summed E-state index contributed by atoms with van der Waals surface area (Å²) in [6.45, 7) is 6.50. The minimum absolute atomic E-state index is 0.126. The second-order valence-electron chi connectivity index (χ2n) is 5.96. The number of nitrogens with one attached hydrogen (secondary N) is 2. The molecule has 25 heavy (non-hydrogen) atoms. The van der Waals surface area contributed by atoms with Crippen LogP contribution in [0, 0.1) is 0 Å². The molecule has 0 saturated heterocycles. The van der Waals surface area contributed by atoms with Crippen molar-refractivity contribution in [3.05, 3.63) is 46.1 Å². The Morgan fingerprint density at radius 3 is 2.80 bits per heavy atom. The van der Waals surface area contributed by atoms with Gasteiger partial charge in [-0.05, 0) is 32.4 Å². The van der Waals surface area contributed by atoms with Gasteiger partial charge >= 0.3 is 12.0 Å². The Bertz CT molecular complexity index is 675. The van der Waals surface area contributed by atoms with Crippen molar-refractivity contribution in [2.45, 2.75) is 39.3 Å². The van der Waals surface area contributed by atoms with E-state index in [1.54, 1.807) is 6.92 Å². The number of quaternary nitrogens is 1. The van der Waals surface area contributed by atoms with Crippen LogP contribution >= 0.6 is 11.6 Å². The lowest BCUT2D eigenvalue weighted by molar-refractivity contribution is -0.686. The topological polar surface area (TPSA) is 84.0 Å². The third-order valence-electron chi connectivity index (χ3n) is 4.20. The molecule has 4 N–H and O–H groups in total. The first-order chi connectivity index (χ1) is 12.0. The number of nitrogens with two attached hydrogens (primary N) is 1. The number of hydrogen-bond donors (Lipinski definition) is 3. The molecule has 0 bridgehead atoms. The number of amides is 2. The van der Waals surface area contributed by atoms with E-state index in [1.807, 2.05) is 31.2 Å². The molecular weight excluding hydrogens is 342 g/mol. The van der Waals surface area contributed by atoms with Crippen molar-refractivity contribution in [2.24, 2.45) is 0 Å². The summed E-state index contributed by atoms with van der Waals surface area (Å²) >= 11 is 6.04. The fourth-order valence-corrected chi connectivity index (χ4v) is 3.04. The van der Waals surface area contributed by atoms with Crippen LogP contribution in [0.15, 0.2) is 35.5 Å². The van der Waals surface area contributed by atoms with Gasteiger partial charge in [0, 0.05) is 10.6 Å². The van der Waals surface area contributed by atoms with Gasteiger partial charge in [0.1, 0.15) is 12.6 Å². The zero-order valence-electron chi connectivity index (χ0n) is 14.8. The van der Waals surface area contributed by atoms with Gasteiger partial charge in [0.25, 0.3) is 0 Å². The van der Waals surface area contributed by atoms with E-state index in [-0.39, 0.29) is 24.1 Å². The molecule has 2 atom stereocenters. The number of carbonyl (C=O) groups excluding carboxylic acids is 2. The molecule has 0 fully saturated rings. The van der Waals surface area contributed by atoms with E-state index < -0.39 is 0 Å². The zero-order valence-corrected chi connectivity index (χ0v) is 15.5. The van der Waals surface area contributed by atoms with Gasteiger partial charge in [0.05, 0.1) is 23.9 Å². The molecule has 0 aromatic heterocycles. The first-order valence-electron chi connectivity index (χ1n) is 8.52. The SMILES string of the molecule is CCOC(=O)C1=C(C[NH2+][C@H](C)c2cccc(Cl)c2)NC(=O)N[C@H]1CC. The number of carbonyl (C=O) groups is 2. The third-order valence-corrected chi connectivity index (χ3v) is 4.43. The number of halogens is 1. The molecule has 6 nitrogen and oxygen atoms in total. The molecular formula is C18H25ClN3O3+. The molecule has 1 aliphatic rings. The highest BCUT2D eigenvalue weighted by Crippen LogP contribution is 2.17. The van der Waals surface area contributed by atoms with E-state index in [0.29, 0.717) is 35.9 Å². The van der Waals surface area contributed by atoms with Gasteiger partial charge in [-0.2, -0.15) is 0 Å². The Morgan fingerprint density at radius 1 is 1.40 bits per heavy atom. The van der Waals surface area contributed by atoms with Crippen molar-refractivity contribution >= 4 is 23.6 Å². The van der Waals surface area contributed by atoms with Gasteiger partial charge in [-0.3, -0.25) is 0 Å². The van der Waals surface area contributed by atoms with E-state index >= 15 is 0 Å². The van der Waals surface area contributed by atoms with Crippen molar-refractivity contribution < 1.29 is 19.6 Å². The van der Waals surface area contributed by atoms with Crippen LogP contribution in [0.4, 0.5) is 4.79 Å². The van der Waals surface area contributed by atoms with Crippen molar-refractivity contribution in [3.63, 3.8) is 0 Å². The summed E-state index contributed by atoms with van der Waals surface area (Å²) in [5, 5.41) is 8.27. The maximum absolute atomic E-state index is 12.3. The van der Waals surface area contributed by atoms with Crippen LogP contribution < -0.4 is 16.0 Å². The van der Waals surface area contributed by atoms with Gasteiger partial charge in [-0.15, -0.1) is 0 Å². The summed E-state index contributed by atoms with van der Waals surface area (Å²) in [4.78, 5) is 24.2. The number of hydrogen-bond acceptors (Lipinski definition) is 3. The predicted octanol–water partition coefficient (Wildman–Crippen LogP) is 1.87. The van der Waals surface area contributed by atoms with Crippen molar-refractivity contribution in [1.29, 1.82) is 0 Å². The molecule has 0 unspecified atom stereocenters. The Kier molecular flexibility index (Phi) is 6.84. The zero-order chi connectivity index (χ0) is 18.4. The van der Waals surface area contributed by atoms with E-state index in [2.05, 4.69) is 22.9 Å². The lowest BCUT2D eigenvalue weighted by Gasteiger charge is -2.28. The van der Waals surface area contributed by atoms with Crippen LogP contribution in [0.5, 0.6) is 0 Å². The number of esters is 1. The number of ether oxygens (including phenoxy) is 1. The maximum Gasteiger partial charge on any atom is 0.338 e. The molecule has 2 rings (SSSR count). The second-order valence-corrected chi connectivity index (χ2v) is 6.39. The van der Waals surface area contributed by atoms with Crippen LogP contribution in [0.2, 0.25) is 5.02 Å². The summed E-state index contributed by atoms with van der Waals surface area (Å²) in [5.41, 5.74) is 2.18. The fraction of sp³-hybridized carbons (Fsp3) is 0.444. The monoisotopic (exact) mass is 366 g/mol. The summed E-state index contributed by atoms with van der Waals surface area (Å²) in [6, 6.07) is 7.16. The lowest BCUT2D eigenvalue weighted by Crippen LogP contribution is -2.86. The minimum atomic E-state index is -0.388. The standard InChI is InChI=1S/C18H24ClN3O3/c1-4-14-16(17(23)25-5-2)15(22-18(24)21-14)10-20-11(3)12-7-6-8-13(19)9-12/h6-9,11,14,20H,4-5,10H2,1-3H3,(H2,21,22,24)/p+1/t11-,14+/m1/s1. The predicted molar refractivity (Wildman–Crippen MR) is 96.1 cm³/mol. The van der Waals surface area contributed by atoms with Gasteiger partial charge < -0.3 is 20.7 Å². The average Bonchev–Trinajstić information content (AvgIpc) is 2.59. The first kappa shape index (κ1) is 19.3. The van der Waals surface area contributed by atoms with Crippen LogP contribution in [0.3, 0.4) is 0 Å². The summed E-state index contributed by atoms with van der Waals surface area (Å²) in [7, 11) is 0. The smallest absolute Gasteiger partial charge is 0.338 e. The van der Waals surface area contributed by atoms with Gasteiger partial charge in [-0.25, -0.2) is 9.59 Å². The van der Waals surface area contributed by atoms with Crippen LogP contribution in [-0.2, 0) is 9.53 Å². The Morgan fingerprint density at radius 2 is 2.16 bits per heavy atom. The molecule has 0 saturated carbocycles. The minimum Gasteiger partial charge on any atom is -0.463 e. The second kappa shape index (κ2) is 8.87. The highest BCUT2D eigenvalue weighted by atomic mass is 35.5. The number of urea groups is 1. The fourth-order valence-electron chi connectivity index (χ4n) is 2.84. The highest BCUT2D eigenvalue weighted by Gasteiger charge is 2.32. The molecule has 0 aliphatic carbocycles. The molecule has 0 spiro atoms. The summed E-state index contributed by atoms with van der Waals surface area (Å²) in [6.07, 6.45) is 0.620. The van der Waals surface area contributed by atoms with E-state index in [4.69, 9.17) is 16.3 Å². The van der Waals surface area contributed by atoms with Crippen LogP contribution in [0.25, 0.3) is 0 Å². The van der Waals surface area contributed by atoms with E-state index in [9.17, 15) is 9.59 Å². The quantitative estimate of drug-likeness (QED) is 0.644. The van der Waals surface area contributed by atoms with Crippen LogP contribution in [0.1, 0.15) is 38.8 Å². The molecule has 1 aromatic rings. The molecule has 7 heteroatoms. The van der Waals surface area contributed by atoms with Gasteiger partial charge in [0.15, 0.2) is 0 Å². The Labute approximate surface area is 153 Å². The lowest BCUT2D eigenvalue weighted by atomic mass is 10.00. The molecule has 0 radical (unpaired) electrons. The molecule has 1 heterocycles. The summed E-state index contributed by atoms with van der Waals surface area (Å²) in [5.74, 6) is -0.388. The number of benzene rings is 1. The first-order valence-corrected chi connectivity index (χ1v) is 8.90. The van der Waals surface area contributed by atoms with Crippen molar-refractivity contribution in [3.8, 4) is 0 Å². The molecule has 136 valence electrons. The largest absolute Gasteiger partial charge is 0.463 e. The normalized spacial score (nSPS) is 18.4. The number of rotatable bonds is 7. The Balaban J connectivity index is 2.19. The van der Waals surface area contributed by atoms with Crippen molar-refractivity contribution in [1.82, 2.24) is 10.6 Å². The molecule has 1 aliphatic heterocycles. The maximum atomic E-state index is 12.3. The highest BCUT2D eigenvalue weighted by molar-refractivity contribution is 6.30. The van der Waals surface area contributed by atoms with E-state index in [1.165, 1.54) is 0 Å².